The highest BCUT2D eigenvalue weighted by Gasteiger charge is 2.18. The molecule has 0 aliphatic heterocycles. The number of carbonyl (C=O) groups excluding carboxylic acids is 2. The predicted octanol–water partition coefficient (Wildman–Crippen LogP) is 1.11. The summed E-state index contributed by atoms with van der Waals surface area (Å²) >= 11 is 3.31. The lowest BCUT2D eigenvalue weighted by Crippen LogP contribution is -2.43. The molecule has 6 heteroatoms. The van der Waals surface area contributed by atoms with Crippen LogP contribution in [0.3, 0.4) is 0 Å². The van der Waals surface area contributed by atoms with Gasteiger partial charge in [-0.05, 0) is 23.8 Å². The second kappa shape index (κ2) is 7.70. The number of nitrogens with one attached hydrogen (secondary N) is 1. The van der Waals surface area contributed by atoms with Crippen molar-refractivity contribution in [3.8, 4) is 0 Å². The van der Waals surface area contributed by atoms with Gasteiger partial charge in [0.1, 0.15) is 0 Å². The minimum absolute atomic E-state index is 0.479. The first-order valence-corrected chi connectivity index (χ1v) is 6.29. The van der Waals surface area contributed by atoms with E-state index >= 15 is 0 Å². The topological polar surface area (TPSA) is 75.6 Å². The molecule has 1 atom stereocenters. The highest BCUT2D eigenvalue weighted by Crippen LogP contribution is 2.11. The van der Waals surface area contributed by atoms with Crippen LogP contribution in [0.5, 0.6) is 0 Å². The van der Waals surface area contributed by atoms with E-state index in [-0.39, 0.29) is 0 Å². The molecule has 0 fully saturated rings. The van der Waals surface area contributed by atoms with Gasteiger partial charge in [-0.1, -0.05) is 28.1 Å². The summed E-state index contributed by atoms with van der Waals surface area (Å²) in [6.07, 6.45) is 2.89. The van der Waals surface area contributed by atoms with Gasteiger partial charge < -0.3 is 15.2 Å². The van der Waals surface area contributed by atoms with Crippen LogP contribution in [0.4, 0.5) is 0 Å². The first-order chi connectivity index (χ1) is 9.06. The molecular formula is C13H14BrNO4. The number of esters is 1. The van der Waals surface area contributed by atoms with Crippen LogP contribution in [0.25, 0.3) is 6.08 Å². The van der Waals surface area contributed by atoms with E-state index in [1.165, 1.54) is 13.2 Å². The molecule has 0 aliphatic carbocycles. The minimum atomic E-state index is -1.05. The zero-order chi connectivity index (χ0) is 14.3. The molecule has 1 rings (SSSR count). The average Bonchev–Trinajstić information content (AvgIpc) is 2.43. The van der Waals surface area contributed by atoms with Gasteiger partial charge in [0.2, 0.25) is 5.91 Å². The van der Waals surface area contributed by atoms with Gasteiger partial charge in [0.15, 0.2) is 6.04 Å². The number of ether oxygens (including phenoxy) is 1. The van der Waals surface area contributed by atoms with E-state index in [1.54, 1.807) is 6.08 Å². The fourth-order valence-corrected chi connectivity index (χ4v) is 1.55. The lowest BCUT2D eigenvalue weighted by Gasteiger charge is -2.11. The average molecular weight is 328 g/mol. The number of carbonyl (C=O) groups is 2. The Labute approximate surface area is 119 Å². The third-order valence-corrected chi connectivity index (χ3v) is 2.81. The fraction of sp³-hybridized carbons (Fsp3) is 0.231. The first kappa shape index (κ1) is 15.4. The summed E-state index contributed by atoms with van der Waals surface area (Å²) in [6.45, 7) is -0.509. The third-order valence-electron chi connectivity index (χ3n) is 2.28. The Kier molecular flexibility index (Phi) is 6.24. The number of rotatable bonds is 5. The number of amides is 1. The molecule has 102 valence electrons. The fourth-order valence-electron chi connectivity index (χ4n) is 1.29. The summed E-state index contributed by atoms with van der Waals surface area (Å²) < 4.78 is 5.38. The Morgan fingerprint density at radius 2 is 2.05 bits per heavy atom. The van der Waals surface area contributed by atoms with Gasteiger partial charge in [-0.25, -0.2) is 4.79 Å². The normalized spacial score (nSPS) is 12.2. The summed E-state index contributed by atoms with van der Waals surface area (Å²) in [7, 11) is 1.19. The van der Waals surface area contributed by atoms with Crippen molar-refractivity contribution in [3.05, 3.63) is 40.4 Å². The van der Waals surface area contributed by atoms with Gasteiger partial charge in [0.25, 0.3) is 0 Å². The summed E-state index contributed by atoms with van der Waals surface area (Å²) in [5, 5.41) is 11.3. The first-order valence-electron chi connectivity index (χ1n) is 5.49. The summed E-state index contributed by atoms with van der Waals surface area (Å²) in [6, 6.07) is 6.31. The van der Waals surface area contributed by atoms with Crippen molar-refractivity contribution >= 4 is 33.9 Å². The van der Waals surface area contributed by atoms with E-state index in [4.69, 9.17) is 5.11 Å². The molecule has 0 saturated carbocycles. The molecule has 0 saturated heterocycles. The van der Waals surface area contributed by atoms with Gasteiger partial charge in [-0.2, -0.15) is 0 Å². The standard InChI is InChI=1S/C13H14BrNO4/c1-19-13(18)11(8-16)15-12(17)7-4-9-2-5-10(14)6-3-9/h2-7,11,16H,8H2,1H3,(H,15,17)/b7-4+. The number of aliphatic hydroxyl groups is 1. The number of aliphatic hydroxyl groups excluding tert-OH is 1. The van der Waals surface area contributed by atoms with Crippen LogP contribution in [-0.4, -0.2) is 36.7 Å². The van der Waals surface area contributed by atoms with Crippen LogP contribution in [0.2, 0.25) is 0 Å². The molecule has 0 bridgehead atoms. The molecule has 0 radical (unpaired) electrons. The van der Waals surface area contributed by atoms with Crippen LogP contribution in [0, 0.1) is 0 Å². The number of hydrogen-bond acceptors (Lipinski definition) is 4. The largest absolute Gasteiger partial charge is 0.467 e. The Bertz CT molecular complexity index is 470. The predicted molar refractivity (Wildman–Crippen MR) is 74.2 cm³/mol. The van der Waals surface area contributed by atoms with Crippen molar-refractivity contribution in [3.63, 3.8) is 0 Å². The van der Waals surface area contributed by atoms with Crippen molar-refractivity contribution in [1.82, 2.24) is 5.32 Å². The van der Waals surface area contributed by atoms with Crippen molar-refractivity contribution in [2.75, 3.05) is 13.7 Å². The molecule has 1 amide bonds. The minimum Gasteiger partial charge on any atom is -0.467 e. The van der Waals surface area contributed by atoms with Crippen LogP contribution in [0.1, 0.15) is 5.56 Å². The summed E-state index contributed by atoms with van der Waals surface area (Å²) in [4.78, 5) is 22.7. The van der Waals surface area contributed by atoms with E-state index in [2.05, 4.69) is 26.0 Å². The maximum atomic E-state index is 11.5. The van der Waals surface area contributed by atoms with E-state index in [0.717, 1.165) is 10.0 Å². The lowest BCUT2D eigenvalue weighted by molar-refractivity contribution is -0.145. The van der Waals surface area contributed by atoms with Crippen molar-refractivity contribution in [1.29, 1.82) is 0 Å². The number of halogens is 1. The Balaban J connectivity index is 2.59. The maximum Gasteiger partial charge on any atom is 0.330 e. The third kappa shape index (κ3) is 5.23. The van der Waals surface area contributed by atoms with Crippen molar-refractivity contribution < 1.29 is 19.4 Å². The van der Waals surface area contributed by atoms with Gasteiger partial charge in [-0.15, -0.1) is 0 Å². The quantitative estimate of drug-likeness (QED) is 0.627. The number of benzene rings is 1. The van der Waals surface area contributed by atoms with Crippen LogP contribution >= 0.6 is 15.9 Å². The number of hydrogen-bond donors (Lipinski definition) is 2. The Morgan fingerprint density at radius 1 is 1.42 bits per heavy atom. The molecule has 5 nitrogen and oxygen atoms in total. The molecule has 19 heavy (non-hydrogen) atoms. The van der Waals surface area contributed by atoms with Crippen molar-refractivity contribution in [2.24, 2.45) is 0 Å². The summed E-state index contributed by atoms with van der Waals surface area (Å²) in [5.74, 6) is -1.17. The van der Waals surface area contributed by atoms with E-state index < -0.39 is 24.5 Å². The van der Waals surface area contributed by atoms with Crippen molar-refractivity contribution in [2.45, 2.75) is 6.04 Å². The van der Waals surface area contributed by atoms with Gasteiger partial charge >= 0.3 is 5.97 Å². The monoisotopic (exact) mass is 327 g/mol. The van der Waals surface area contributed by atoms with Crippen LogP contribution < -0.4 is 5.32 Å². The second-order valence-corrected chi connectivity index (χ2v) is 4.57. The van der Waals surface area contributed by atoms with Gasteiger partial charge in [0.05, 0.1) is 13.7 Å². The van der Waals surface area contributed by atoms with Crippen LogP contribution in [0.15, 0.2) is 34.8 Å². The lowest BCUT2D eigenvalue weighted by atomic mass is 10.2. The zero-order valence-corrected chi connectivity index (χ0v) is 11.9. The maximum absolute atomic E-state index is 11.5. The van der Waals surface area contributed by atoms with E-state index in [0.29, 0.717) is 0 Å². The molecule has 1 unspecified atom stereocenters. The number of methoxy groups -OCH3 is 1. The summed E-state index contributed by atoms with van der Waals surface area (Å²) in [5.41, 5.74) is 0.844. The zero-order valence-electron chi connectivity index (χ0n) is 10.3. The Hall–Kier alpha value is -1.66. The molecule has 1 aromatic rings. The molecular weight excluding hydrogens is 314 g/mol. The Morgan fingerprint density at radius 3 is 2.58 bits per heavy atom. The molecule has 0 aliphatic rings. The molecule has 1 aromatic carbocycles. The highest BCUT2D eigenvalue weighted by molar-refractivity contribution is 9.10. The SMILES string of the molecule is COC(=O)C(CO)NC(=O)/C=C/c1ccc(Br)cc1. The van der Waals surface area contributed by atoms with E-state index in [9.17, 15) is 9.59 Å². The second-order valence-electron chi connectivity index (χ2n) is 3.65. The molecule has 2 N–H and O–H groups in total. The van der Waals surface area contributed by atoms with Gasteiger partial charge in [-0.3, -0.25) is 4.79 Å². The smallest absolute Gasteiger partial charge is 0.330 e. The van der Waals surface area contributed by atoms with E-state index in [1.807, 2.05) is 24.3 Å². The molecule has 0 aromatic heterocycles. The van der Waals surface area contributed by atoms with Crippen LogP contribution in [-0.2, 0) is 14.3 Å². The van der Waals surface area contributed by atoms with Gasteiger partial charge in [0, 0.05) is 10.5 Å². The molecule has 0 spiro atoms. The highest BCUT2D eigenvalue weighted by atomic mass is 79.9. The molecule has 0 heterocycles.